The quantitative estimate of drug-likeness (QED) is 0.657. The van der Waals surface area contributed by atoms with Gasteiger partial charge in [0.25, 0.3) is 5.91 Å². The summed E-state index contributed by atoms with van der Waals surface area (Å²) in [4.78, 5) is 12.3. The number of hydrogen-bond donors (Lipinski definition) is 1. The molecule has 0 bridgehead atoms. The van der Waals surface area contributed by atoms with Crippen LogP contribution >= 0.6 is 43.5 Å². The Morgan fingerprint density at radius 3 is 2.43 bits per heavy atom. The predicted molar refractivity (Wildman–Crippen MR) is 93.8 cm³/mol. The predicted octanol–water partition coefficient (Wildman–Crippen LogP) is 5.75. The van der Waals surface area contributed by atoms with Crippen molar-refractivity contribution >= 4 is 49.4 Å². The Labute approximate surface area is 146 Å². The zero-order valence-corrected chi connectivity index (χ0v) is 15.3. The number of benzene rings is 2. The van der Waals surface area contributed by atoms with Crippen molar-refractivity contribution in [3.05, 3.63) is 67.6 Å². The van der Waals surface area contributed by atoms with E-state index in [0.29, 0.717) is 15.1 Å². The number of nitrogens with one attached hydrogen (secondary N) is 1. The van der Waals surface area contributed by atoms with E-state index in [-0.39, 0.29) is 11.9 Å². The molecule has 1 amide bonds. The largest absolute Gasteiger partial charge is 0.345 e. The molecular weight excluding hydrogens is 417 g/mol. The number of amides is 1. The number of halogens is 3. The van der Waals surface area contributed by atoms with Crippen LogP contribution in [-0.4, -0.2) is 5.91 Å². The Morgan fingerprint density at radius 1 is 1.19 bits per heavy atom. The normalized spacial score (nSPS) is 12.0. The van der Waals surface area contributed by atoms with Crippen molar-refractivity contribution in [2.75, 3.05) is 0 Å². The SMILES string of the molecule is CCC(NC(=O)c1ccc(Cl)c(Br)c1)c1ccc(Br)cc1. The highest BCUT2D eigenvalue weighted by Gasteiger charge is 2.14. The van der Waals surface area contributed by atoms with E-state index in [4.69, 9.17) is 11.6 Å². The molecule has 2 nitrogen and oxygen atoms in total. The molecule has 0 aliphatic heterocycles. The van der Waals surface area contributed by atoms with Gasteiger partial charge in [-0.15, -0.1) is 0 Å². The molecule has 21 heavy (non-hydrogen) atoms. The van der Waals surface area contributed by atoms with Gasteiger partial charge in [-0.05, 0) is 58.2 Å². The van der Waals surface area contributed by atoms with Crippen LogP contribution in [0.2, 0.25) is 5.02 Å². The first-order valence-electron chi connectivity index (χ1n) is 6.52. The van der Waals surface area contributed by atoms with E-state index in [1.165, 1.54) is 0 Å². The van der Waals surface area contributed by atoms with Crippen molar-refractivity contribution in [3.63, 3.8) is 0 Å². The van der Waals surface area contributed by atoms with Crippen molar-refractivity contribution in [1.29, 1.82) is 0 Å². The summed E-state index contributed by atoms with van der Waals surface area (Å²) >= 11 is 12.7. The molecular formula is C16H14Br2ClNO. The maximum Gasteiger partial charge on any atom is 0.251 e. The van der Waals surface area contributed by atoms with Crippen LogP contribution in [0.3, 0.4) is 0 Å². The van der Waals surface area contributed by atoms with Gasteiger partial charge in [0.1, 0.15) is 0 Å². The summed E-state index contributed by atoms with van der Waals surface area (Å²) in [7, 11) is 0. The molecule has 0 spiro atoms. The summed E-state index contributed by atoms with van der Waals surface area (Å²) in [5.74, 6) is -0.109. The fourth-order valence-electron chi connectivity index (χ4n) is 2.00. The molecule has 0 aliphatic rings. The highest BCUT2D eigenvalue weighted by atomic mass is 79.9. The molecule has 0 saturated heterocycles. The fraction of sp³-hybridized carbons (Fsp3) is 0.188. The summed E-state index contributed by atoms with van der Waals surface area (Å²) in [6.45, 7) is 2.05. The number of carbonyl (C=O) groups is 1. The van der Waals surface area contributed by atoms with E-state index < -0.39 is 0 Å². The molecule has 0 aliphatic carbocycles. The average molecular weight is 432 g/mol. The average Bonchev–Trinajstić information content (AvgIpc) is 2.48. The Balaban J connectivity index is 2.15. The van der Waals surface area contributed by atoms with Crippen LogP contribution in [0.4, 0.5) is 0 Å². The first-order chi connectivity index (χ1) is 10.0. The van der Waals surface area contributed by atoms with E-state index in [1.54, 1.807) is 18.2 Å². The van der Waals surface area contributed by atoms with E-state index in [0.717, 1.165) is 16.5 Å². The van der Waals surface area contributed by atoms with Gasteiger partial charge >= 0.3 is 0 Å². The topological polar surface area (TPSA) is 29.1 Å². The lowest BCUT2D eigenvalue weighted by atomic mass is 10.0. The van der Waals surface area contributed by atoms with Gasteiger partial charge in [0.05, 0.1) is 11.1 Å². The molecule has 2 rings (SSSR count). The number of carbonyl (C=O) groups excluding carboxylic acids is 1. The Kier molecular flexibility index (Phi) is 5.85. The minimum absolute atomic E-state index is 0.0138. The second-order valence-electron chi connectivity index (χ2n) is 4.61. The van der Waals surface area contributed by atoms with Crippen LogP contribution in [0.1, 0.15) is 35.3 Å². The minimum atomic E-state index is -0.109. The zero-order valence-electron chi connectivity index (χ0n) is 11.4. The zero-order chi connectivity index (χ0) is 15.4. The monoisotopic (exact) mass is 429 g/mol. The molecule has 2 aromatic rings. The standard InChI is InChI=1S/C16H14Br2ClNO/c1-2-15(10-3-6-12(17)7-4-10)20-16(21)11-5-8-14(19)13(18)9-11/h3-9,15H,2H2,1H3,(H,20,21). The molecule has 0 saturated carbocycles. The highest BCUT2D eigenvalue weighted by molar-refractivity contribution is 9.10. The third kappa shape index (κ3) is 4.31. The summed E-state index contributed by atoms with van der Waals surface area (Å²) in [6, 6.07) is 13.1. The van der Waals surface area contributed by atoms with Crippen LogP contribution in [-0.2, 0) is 0 Å². The lowest BCUT2D eigenvalue weighted by molar-refractivity contribution is 0.0935. The third-order valence-corrected chi connectivity index (χ3v) is 4.91. The molecule has 1 unspecified atom stereocenters. The molecule has 1 atom stereocenters. The van der Waals surface area contributed by atoms with Crippen LogP contribution < -0.4 is 5.32 Å². The van der Waals surface area contributed by atoms with Crippen LogP contribution in [0.25, 0.3) is 0 Å². The summed E-state index contributed by atoms with van der Waals surface area (Å²) in [5, 5.41) is 3.64. The second kappa shape index (κ2) is 7.43. The maximum absolute atomic E-state index is 12.3. The molecule has 0 fully saturated rings. The van der Waals surface area contributed by atoms with Crippen molar-refractivity contribution in [1.82, 2.24) is 5.32 Å². The second-order valence-corrected chi connectivity index (χ2v) is 6.79. The maximum atomic E-state index is 12.3. The summed E-state index contributed by atoms with van der Waals surface area (Å²) in [5.41, 5.74) is 1.67. The smallest absolute Gasteiger partial charge is 0.251 e. The molecule has 5 heteroatoms. The Hall–Kier alpha value is -0.840. The first kappa shape index (κ1) is 16.5. The van der Waals surface area contributed by atoms with Gasteiger partial charge in [0.15, 0.2) is 0 Å². The van der Waals surface area contributed by atoms with Gasteiger partial charge in [-0.3, -0.25) is 4.79 Å². The number of rotatable bonds is 4. The summed E-state index contributed by atoms with van der Waals surface area (Å²) in [6.07, 6.45) is 0.822. The lowest BCUT2D eigenvalue weighted by Crippen LogP contribution is -2.28. The van der Waals surface area contributed by atoms with Crippen molar-refractivity contribution < 1.29 is 4.79 Å². The van der Waals surface area contributed by atoms with E-state index in [2.05, 4.69) is 37.2 Å². The molecule has 0 aromatic heterocycles. The van der Waals surface area contributed by atoms with Gasteiger partial charge in [-0.25, -0.2) is 0 Å². The van der Waals surface area contributed by atoms with Gasteiger partial charge in [-0.2, -0.15) is 0 Å². The van der Waals surface area contributed by atoms with Gasteiger partial charge < -0.3 is 5.32 Å². The lowest BCUT2D eigenvalue weighted by Gasteiger charge is -2.18. The van der Waals surface area contributed by atoms with Gasteiger partial charge in [0, 0.05) is 14.5 Å². The van der Waals surface area contributed by atoms with E-state index in [1.807, 2.05) is 31.2 Å². The highest BCUT2D eigenvalue weighted by Crippen LogP contribution is 2.24. The van der Waals surface area contributed by atoms with Crippen molar-refractivity contribution in [3.8, 4) is 0 Å². The van der Waals surface area contributed by atoms with Crippen molar-refractivity contribution in [2.24, 2.45) is 0 Å². The third-order valence-electron chi connectivity index (χ3n) is 3.17. The molecule has 0 heterocycles. The van der Waals surface area contributed by atoms with E-state index in [9.17, 15) is 4.79 Å². The Bertz CT molecular complexity index is 643. The van der Waals surface area contributed by atoms with Crippen LogP contribution in [0.15, 0.2) is 51.4 Å². The first-order valence-corrected chi connectivity index (χ1v) is 8.49. The molecule has 0 radical (unpaired) electrons. The van der Waals surface area contributed by atoms with Crippen LogP contribution in [0, 0.1) is 0 Å². The Morgan fingerprint density at radius 2 is 1.86 bits per heavy atom. The van der Waals surface area contributed by atoms with Gasteiger partial charge in [0.2, 0.25) is 0 Å². The van der Waals surface area contributed by atoms with Crippen molar-refractivity contribution in [2.45, 2.75) is 19.4 Å². The van der Waals surface area contributed by atoms with Gasteiger partial charge in [-0.1, -0.05) is 46.6 Å². The summed E-state index contributed by atoms with van der Waals surface area (Å²) < 4.78 is 1.74. The number of hydrogen-bond acceptors (Lipinski definition) is 1. The van der Waals surface area contributed by atoms with Crippen LogP contribution in [0.5, 0.6) is 0 Å². The molecule has 1 N–H and O–H groups in total. The fourth-order valence-corrected chi connectivity index (χ4v) is 2.76. The minimum Gasteiger partial charge on any atom is -0.345 e. The molecule has 110 valence electrons. The molecule has 2 aromatic carbocycles. The van der Waals surface area contributed by atoms with E-state index >= 15 is 0 Å².